The van der Waals surface area contributed by atoms with Gasteiger partial charge in [-0.05, 0) is 25.3 Å². The zero-order valence-corrected chi connectivity index (χ0v) is 12.7. The number of nitrogens with one attached hydrogen (secondary N) is 2. The summed E-state index contributed by atoms with van der Waals surface area (Å²) < 4.78 is 0. The minimum atomic E-state index is 0.115. The molecule has 4 rings (SSSR count). The summed E-state index contributed by atoms with van der Waals surface area (Å²) in [5.74, 6) is 1.03. The molecule has 2 aliphatic rings. The Bertz CT molecular complexity index is 690. The normalized spacial score (nSPS) is 19.0. The van der Waals surface area contributed by atoms with E-state index in [1.807, 2.05) is 6.07 Å². The van der Waals surface area contributed by atoms with Gasteiger partial charge in [-0.2, -0.15) is 5.10 Å². The molecule has 1 amide bonds. The molecule has 1 unspecified atom stereocenters. The second-order valence-electron chi connectivity index (χ2n) is 6.28. The van der Waals surface area contributed by atoms with E-state index < -0.39 is 0 Å². The summed E-state index contributed by atoms with van der Waals surface area (Å²) in [6, 6.07) is 10.8. The molecule has 0 saturated heterocycles. The number of benzene rings is 1. The Kier molecular flexibility index (Phi) is 3.22. The number of carbonyl (C=O) groups is 1. The van der Waals surface area contributed by atoms with Crippen molar-refractivity contribution in [3.63, 3.8) is 0 Å². The Morgan fingerprint density at radius 3 is 2.82 bits per heavy atom. The summed E-state index contributed by atoms with van der Waals surface area (Å²) in [6.45, 7) is 3.89. The standard InChI is InChI=1S/C17H20N4O/c1-11(12-5-3-2-4-6-12)21-9-14-15(10-21)19-20-16(14)18-17(22)13-7-8-13/h2-6,11,13H,7-10H2,1H3,(H2,18,19,20,22). The number of hydrogen-bond donors (Lipinski definition) is 2. The van der Waals surface area contributed by atoms with Crippen LogP contribution in [-0.4, -0.2) is 21.0 Å². The third-order valence-corrected chi connectivity index (χ3v) is 4.69. The minimum Gasteiger partial charge on any atom is -0.309 e. The number of aromatic amines is 1. The lowest BCUT2D eigenvalue weighted by Crippen LogP contribution is -2.22. The average Bonchev–Trinajstić information content (AvgIpc) is 3.21. The van der Waals surface area contributed by atoms with E-state index in [4.69, 9.17) is 0 Å². The van der Waals surface area contributed by atoms with Crippen molar-refractivity contribution in [2.45, 2.75) is 38.9 Å². The molecule has 0 bridgehead atoms. The highest BCUT2D eigenvalue weighted by molar-refractivity contribution is 5.93. The van der Waals surface area contributed by atoms with Crippen LogP contribution in [0.1, 0.15) is 42.6 Å². The van der Waals surface area contributed by atoms with Crippen molar-refractivity contribution in [3.8, 4) is 0 Å². The number of carbonyl (C=O) groups excluding carboxylic acids is 1. The zero-order chi connectivity index (χ0) is 15.1. The van der Waals surface area contributed by atoms with Gasteiger partial charge in [-0.1, -0.05) is 30.3 Å². The number of rotatable bonds is 4. The summed E-state index contributed by atoms with van der Waals surface area (Å²) >= 11 is 0. The van der Waals surface area contributed by atoms with Crippen molar-refractivity contribution in [1.82, 2.24) is 15.1 Å². The number of hydrogen-bond acceptors (Lipinski definition) is 3. The first-order valence-electron chi connectivity index (χ1n) is 7.88. The fraction of sp³-hybridized carbons (Fsp3) is 0.412. The first-order chi connectivity index (χ1) is 10.7. The van der Waals surface area contributed by atoms with Crippen LogP contribution in [0.3, 0.4) is 0 Å². The molecule has 1 aromatic heterocycles. The van der Waals surface area contributed by atoms with Crippen LogP contribution < -0.4 is 5.32 Å². The minimum absolute atomic E-state index is 0.115. The number of aromatic nitrogens is 2. The fourth-order valence-electron chi connectivity index (χ4n) is 3.05. The summed E-state index contributed by atoms with van der Waals surface area (Å²) in [6.07, 6.45) is 2.02. The fourth-order valence-corrected chi connectivity index (χ4v) is 3.05. The van der Waals surface area contributed by atoms with Gasteiger partial charge >= 0.3 is 0 Å². The van der Waals surface area contributed by atoms with Gasteiger partial charge in [-0.3, -0.25) is 14.8 Å². The van der Waals surface area contributed by atoms with Crippen molar-refractivity contribution >= 4 is 11.7 Å². The second kappa shape index (κ2) is 5.25. The molecule has 114 valence electrons. The van der Waals surface area contributed by atoms with E-state index in [9.17, 15) is 4.79 Å². The van der Waals surface area contributed by atoms with Gasteiger partial charge in [-0.25, -0.2) is 0 Å². The molecule has 2 aromatic rings. The first-order valence-corrected chi connectivity index (χ1v) is 7.88. The third kappa shape index (κ3) is 2.41. The number of amides is 1. The smallest absolute Gasteiger partial charge is 0.228 e. The van der Waals surface area contributed by atoms with Crippen LogP contribution in [0.15, 0.2) is 30.3 Å². The highest BCUT2D eigenvalue weighted by Gasteiger charge is 2.33. The van der Waals surface area contributed by atoms with Crippen LogP contribution in [0.25, 0.3) is 0 Å². The Hall–Kier alpha value is -2.14. The van der Waals surface area contributed by atoms with Gasteiger partial charge in [-0.15, -0.1) is 0 Å². The number of fused-ring (bicyclic) bond motifs is 1. The number of H-pyrrole nitrogens is 1. The largest absolute Gasteiger partial charge is 0.309 e. The molecule has 1 saturated carbocycles. The Balaban J connectivity index is 1.49. The van der Waals surface area contributed by atoms with E-state index in [1.165, 1.54) is 5.56 Å². The van der Waals surface area contributed by atoms with Gasteiger partial charge < -0.3 is 5.32 Å². The SMILES string of the molecule is CC(c1ccccc1)N1Cc2[nH]nc(NC(=O)C3CC3)c2C1. The summed E-state index contributed by atoms with van der Waals surface area (Å²) in [4.78, 5) is 14.3. The van der Waals surface area contributed by atoms with E-state index in [0.29, 0.717) is 6.04 Å². The Morgan fingerprint density at radius 1 is 1.32 bits per heavy atom. The molecule has 2 heterocycles. The maximum absolute atomic E-state index is 11.9. The van der Waals surface area contributed by atoms with E-state index in [-0.39, 0.29) is 11.8 Å². The van der Waals surface area contributed by atoms with Gasteiger partial charge in [0.15, 0.2) is 5.82 Å². The van der Waals surface area contributed by atoms with Gasteiger partial charge in [0, 0.05) is 30.6 Å². The summed E-state index contributed by atoms with van der Waals surface area (Å²) in [7, 11) is 0. The summed E-state index contributed by atoms with van der Waals surface area (Å²) in [5, 5.41) is 10.3. The highest BCUT2D eigenvalue weighted by atomic mass is 16.2. The molecule has 22 heavy (non-hydrogen) atoms. The maximum Gasteiger partial charge on any atom is 0.228 e. The first kappa shape index (κ1) is 13.5. The molecular formula is C17H20N4O. The van der Waals surface area contributed by atoms with Crippen LogP contribution in [0.5, 0.6) is 0 Å². The van der Waals surface area contributed by atoms with Crippen LogP contribution in [-0.2, 0) is 17.9 Å². The van der Waals surface area contributed by atoms with Crippen LogP contribution >= 0.6 is 0 Å². The average molecular weight is 296 g/mol. The van der Waals surface area contributed by atoms with Crippen LogP contribution in [0.4, 0.5) is 5.82 Å². The van der Waals surface area contributed by atoms with E-state index in [2.05, 4.69) is 51.6 Å². The summed E-state index contributed by atoms with van der Waals surface area (Å²) in [5.41, 5.74) is 3.56. The highest BCUT2D eigenvalue weighted by Crippen LogP contribution is 2.35. The predicted octanol–water partition coefficient (Wildman–Crippen LogP) is 2.84. The monoisotopic (exact) mass is 296 g/mol. The van der Waals surface area contributed by atoms with Crippen molar-refractivity contribution in [3.05, 3.63) is 47.2 Å². The van der Waals surface area contributed by atoms with Gasteiger partial charge in [0.2, 0.25) is 5.91 Å². The Morgan fingerprint density at radius 2 is 2.09 bits per heavy atom. The zero-order valence-electron chi connectivity index (χ0n) is 12.7. The van der Waals surface area contributed by atoms with Gasteiger partial charge in [0.1, 0.15) is 0 Å². The molecule has 0 radical (unpaired) electrons. The van der Waals surface area contributed by atoms with Crippen molar-refractivity contribution in [1.29, 1.82) is 0 Å². The van der Waals surface area contributed by atoms with E-state index in [0.717, 1.165) is 43.0 Å². The molecule has 1 aliphatic carbocycles. The van der Waals surface area contributed by atoms with Gasteiger partial charge in [0.25, 0.3) is 0 Å². The topological polar surface area (TPSA) is 61.0 Å². The quantitative estimate of drug-likeness (QED) is 0.912. The van der Waals surface area contributed by atoms with Crippen LogP contribution in [0.2, 0.25) is 0 Å². The molecule has 5 heteroatoms. The molecule has 1 atom stereocenters. The lowest BCUT2D eigenvalue weighted by Gasteiger charge is -2.24. The number of nitrogens with zero attached hydrogens (tertiary/aromatic N) is 2. The molecule has 0 spiro atoms. The van der Waals surface area contributed by atoms with Crippen LogP contribution in [0, 0.1) is 5.92 Å². The van der Waals surface area contributed by atoms with Crippen molar-refractivity contribution in [2.75, 3.05) is 5.32 Å². The molecule has 2 N–H and O–H groups in total. The lowest BCUT2D eigenvalue weighted by atomic mass is 10.1. The maximum atomic E-state index is 11.9. The number of anilines is 1. The van der Waals surface area contributed by atoms with E-state index in [1.54, 1.807) is 0 Å². The predicted molar refractivity (Wildman–Crippen MR) is 84.0 cm³/mol. The third-order valence-electron chi connectivity index (χ3n) is 4.69. The lowest BCUT2D eigenvalue weighted by molar-refractivity contribution is -0.117. The molecule has 1 aliphatic heterocycles. The van der Waals surface area contributed by atoms with Crippen molar-refractivity contribution < 1.29 is 4.79 Å². The molecule has 1 aromatic carbocycles. The molecule has 1 fully saturated rings. The molecule has 5 nitrogen and oxygen atoms in total. The molecular weight excluding hydrogens is 276 g/mol. The van der Waals surface area contributed by atoms with Gasteiger partial charge in [0.05, 0.1) is 5.69 Å². The van der Waals surface area contributed by atoms with E-state index >= 15 is 0 Å². The second-order valence-corrected chi connectivity index (χ2v) is 6.28. The Labute approximate surface area is 129 Å². The van der Waals surface area contributed by atoms with Crippen molar-refractivity contribution in [2.24, 2.45) is 5.92 Å².